The summed E-state index contributed by atoms with van der Waals surface area (Å²) in [6.45, 7) is 1.61. The van der Waals surface area contributed by atoms with Crippen molar-refractivity contribution < 1.29 is 14.0 Å². The second-order valence-corrected chi connectivity index (χ2v) is 8.87. The van der Waals surface area contributed by atoms with Crippen LogP contribution in [0.5, 0.6) is 0 Å². The van der Waals surface area contributed by atoms with Crippen LogP contribution in [0.15, 0.2) is 48.5 Å². The molecule has 0 saturated carbocycles. The number of benzene rings is 2. The zero-order valence-electron chi connectivity index (χ0n) is 18.0. The van der Waals surface area contributed by atoms with Gasteiger partial charge in [-0.15, -0.1) is 0 Å². The third kappa shape index (κ3) is 4.24. The Labute approximate surface area is 186 Å². The molecule has 3 aromatic rings. The SMILES string of the molecule is O=C(CCc1nc2ccccc2[nH]1)N1C[C@H]2CCCC(=O)N(Cc3cccc(F)c3)[C@H]2C1. The number of fused-ring (bicyclic) bond motifs is 2. The maximum absolute atomic E-state index is 13.7. The third-order valence-electron chi connectivity index (χ3n) is 6.70. The van der Waals surface area contributed by atoms with Crippen LogP contribution in [0.25, 0.3) is 11.0 Å². The van der Waals surface area contributed by atoms with Crippen LogP contribution in [0.2, 0.25) is 0 Å². The third-order valence-corrected chi connectivity index (χ3v) is 6.70. The van der Waals surface area contributed by atoms with E-state index in [0.717, 1.165) is 35.3 Å². The Balaban J connectivity index is 1.25. The Morgan fingerprint density at radius 3 is 2.88 bits per heavy atom. The van der Waals surface area contributed by atoms with Crippen LogP contribution in [-0.4, -0.2) is 50.7 Å². The highest BCUT2D eigenvalue weighted by Gasteiger charge is 2.41. The molecule has 2 aliphatic rings. The van der Waals surface area contributed by atoms with Crippen molar-refractivity contribution in [1.82, 2.24) is 19.8 Å². The average Bonchev–Trinajstić information content (AvgIpc) is 3.36. The van der Waals surface area contributed by atoms with E-state index in [9.17, 15) is 14.0 Å². The fraction of sp³-hybridized carbons (Fsp3) is 0.400. The van der Waals surface area contributed by atoms with Crippen molar-refractivity contribution in [3.8, 4) is 0 Å². The van der Waals surface area contributed by atoms with Crippen molar-refractivity contribution in [2.45, 2.75) is 44.7 Å². The van der Waals surface area contributed by atoms with Gasteiger partial charge in [0.15, 0.2) is 0 Å². The molecule has 3 heterocycles. The van der Waals surface area contributed by atoms with Gasteiger partial charge in [-0.3, -0.25) is 9.59 Å². The summed E-state index contributed by atoms with van der Waals surface area (Å²) in [7, 11) is 0. The number of imidazole rings is 1. The lowest BCUT2D eigenvalue weighted by molar-refractivity contribution is -0.135. The lowest BCUT2D eigenvalue weighted by atomic mass is 9.98. The lowest BCUT2D eigenvalue weighted by Crippen LogP contribution is -2.43. The minimum Gasteiger partial charge on any atom is -0.342 e. The molecule has 7 heteroatoms. The number of aromatic amines is 1. The van der Waals surface area contributed by atoms with Crippen molar-refractivity contribution in [3.63, 3.8) is 0 Å². The molecular weight excluding hydrogens is 407 g/mol. The van der Waals surface area contributed by atoms with Crippen LogP contribution in [0.4, 0.5) is 4.39 Å². The molecule has 2 amide bonds. The van der Waals surface area contributed by atoms with E-state index in [1.165, 1.54) is 12.1 Å². The Morgan fingerprint density at radius 2 is 2.03 bits per heavy atom. The summed E-state index contributed by atoms with van der Waals surface area (Å²) in [5.41, 5.74) is 2.67. The van der Waals surface area contributed by atoms with Crippen LogP contribution in [-0.2, 0) is 22.6 Å². The highest BCUT2D eigenvalue weighted by Crippen LogP contribution is 2.32. The molecule has 1 aromatic heterocycles. The molecule has 0 spiro atoms. The van der Waals surface area contributed by atoms with Crippen molar-refractivity contribution in [1.29, 1.82) is 0 Å². The smallest absolute Gasteiger partial charge is 0.223 e. The van der Waals surface area contributed by atoms with Crippen LogP contribution >= 0.6 is 0 Å². The first kappa shape index (κ1) is 20.7. The van der Waals surface area contributed by atoms with Gasteiger partial charge in [-0.25, -0.2) is 9.37 Å². The number of aryl methyl sites for hydroxylation is 1. The number of likely N-dealkylation sites (tertiary alicyclic amines) is 2. The van der Waals surface area contributed by atoms with Gasteiger partial charge in [0, 0.05) is 38.9 Å². The van der Waals surface area contributed by atoms with E-state index in [2.05, 4.69) is 9.97 Å². The summed E-state index contributed by atoms with van der Waals surface area (Å²) in [5.74, 6) is 0.978. The normalized spacial score (nSPS) is 21.1. The van der Waals surface area contributed by atoms with Crippen LogP contribution in [0.1, 0.15) is 37.1 Å². The first-order valence-corrected chi connectivity index (χ1v) is 11.3. The molecule has 32 heavy (non-hydrogen) atoms. The Kier molecular flexibility index (Phi) is 5.64. The Hall–Kier alpha value is -3.22. The predicted molar refractivity (Wildman–Crippen MR) is 119 cm³/mol. The van der Waals surface area contributed by atoms with Gasteiger partial charge >= 0.3 is 0 Å². The number of nitrogens with one attached hydrogen (secondary N) is 1. The first-order valence-electron chi connectivity index (χ1n) is 11.3. The number of carbonyl (C=O) groups excluding carboxylic acids is 2. The van der Waals surface area contributed by atoms with Crippen molar-refractivity contribution in [3.05, 3.63) is 65.7 Å². The molecule has 5 rings (SSSR count). The van der Waals surface area contributed by atoms with E-state index in [4.69, 9.17) is 0 Å². The molecule has 2 fully saturated rings. The predicted octanol–water partition coefficient (Wildman–Crippen LogP) is 3.67. The Morgan fingerprint density at radius 1 is 1.16 bits per heavy atom. The minimum absolute atomic E-state index is 0.0107. The lowest BCUT2D eigenvalue weighted by Gasteiger charge is -2.30. The summed E-state index contributed by atoms with van der Waals surface area (Å²) < 4.78 is 13.7. The van der Waals surface area contributed by atoms with Gasteiger partial charge in [0.2, 0.25) is 11.8 Å². The number of para-hydroxylation sites is 2. The van der Waals surface area contributed by atoms with Gasteiger partial charge in [-0.1, -0.05) is 24.3 Å². The second kappa shape index (κ2) is 8.73. The molecule has 166 valence electrons. The highest BCUT2D eigenvalue weighted by molar-refractivity contribution is 5.79. The number of H-pyrrole nitrogens is 1. The topological polar surface area (TPSA) is 69.3 Å². The molecule has 1 N–H and O–H groups in total. The average molecular weight is 435 g/mol. The number of hydrogen-bond donors (Lipinski definition) is 1. The Bertz CT molecular complexity index is 1110. The van der Waals surface area contributed by atoms with Gasteiger partial charge in [0.25, 0.3) is 0 Å². The molecule has 2 aromatic carbocycles. The standard InChI is InChI=1S/C25H27FN4O2/c26-19-7-3-5-17(13-19)14-30-22-16-29(15-18(22)6-4-10-25(30)32)24(31)12-11-23-27-20-8-1-2-9-21(20)28-23/h1-3,5,7-9,13,18,22H,4,6,10-12,14-16H2,(H,27,28)/t18-,22+/m1/s1. The summed E-state index contributed by atoms with van der Waals surface area (Å²) >= 11 is 0. The van der Waals surface area contributed by atoms with Crippen molar-refractivity contribution >= 4 is 22.8 Å². The van der Waals surface area contributed by atoms with Gasteiger partial charge in [0.1, 0.15) is 11.6 Å². The van der Waals surface area contributed by atoms with E-state index in [1.54, 1.807) is 6.07 Å². The van der Waals surface area contributed by atoms with Gasteiger partial charge in [-0.2, -0.15) is 0 Å². The zero-order chi connectivity index (χ0) is 22.1. The maximum Gasteiger partial charge on any atom is 0.223 e. The van der Waals surface area contributed by atoms with E-state index < -0.39 is 0 Å². The van der Waals surface area contributed by atoms with Crippen molar-refractivity contribution in [2.75, 3.05) is 13.1 Å². The first-order chi connectivity index (χ1) is 15.6. The van der Waals surface area contributed by atoms with Gasteiger partial charge in [0.05, 0.1) is 17.1 Å². The van der Waals surface area contributed by atoms with Gasteiger partial charge < -0.3 is 14.8 Å². The van der Waals surface area contributed by atoms with Crippen LogP contribution in [0, 0.1) is 11.7 Å². The summed E-state index contributed by atoms with van der Waals surface area (Å²) in [5, 5.41) is 0. The molecule has 0 aliphatic carbocycles. The molecule has 2 atom stereocenters. The summed E-state index contributed by atoms with van der Waals surface area (Å²) in [4.78, 5) is 37.4. The number of carbonyl (C=O) groups is 2. The molecule has 0 bridgehead atoms. The molecule has 0 radical (unpaired) electrons. The summed E-state index contributed by atoms with van der Waals surface area (Å²) in [6, 6.07) is 14.2. The number of amides is 2. The van der Waals surface area contributed by atoms with E-state index in [0.29, 0.717) is 38.9 Å². The number of hydrogen-bond acceptors (Lipinski definition) is 3. The number of nitrogens with zero attached hydrogens (tertiary/aromatic N) is 3. The highest BCUT2D eigenvalue weighted by atomic mass is 19.1. The monoisotopic (exact) mass is 434 g/mol. The van der Waals surface area contributed by atoms with E-state index >= 15 is 0 Å². The maximum atomic E-state index is 13.7. The molecule has 2 saturated heterocycles. The number of halogens is 1. The van der Waals surface area contributed by atoms with Crippen LogP contribution < -0.4 is 0 Å². The van der Waals surface area contributed by atoms with E-state index in [-0.39, 0.29) is 29.6 Å². The molecule has 6 nitrogen and oxygen atoms in total. The fourth-order valence-corrected chi connectivity index (χ4v) is 5.08. The fourth-order valence-electron chi connectivity index (χ4n) is 5.08. The number of aromatic nitrogens is 2. The van der Waals surface area contributed by atoms with Crippen LogP contribution in [0.3, 0.4) is 0 Å². The number of rotatable bonds is 5. The quantitative estimate of drug-likeness (QED) is 0.666. The minimum atomic E-state index is -0.296. The molecular formula is C25H27FN4O2. The molecule has 0 unspecified atom stereocenters. The van der Waals surface area contributed by atoms with E-state index in [1.807, 2.05) is 40.1 Å². The van der Waals surface area contributed by atoms with Crippen molar-refractivity contribution in [2.24, 2.45) is 5.92 Å². The largest absolute Gasteiger partial charge is 0.342 e. The van der Waals surface area contributed by atoms with Gasteiger partial charge in [-0.05, 0) is 48.6 Å². The molecule has 2 aliphatic heterocycles. The zero-order valence-corrected chi connectivity index (χ0v) is 18.0. The second-order valence-electron chi connectivity index (χ2n) is 8.87. The summed E-state index contributed by atoms with van der Waals surface area (Å²) in [6.07, 6.45) is 3.23.